The number of nitrogens with zero attached hydrogens (tertiary/aromatic N) is 3. The van der Waals surface area contributed by atoms with Crippen molar-refractivity contribution < 1.29 is 23.7 Å². The minimum Gasteiger partial charge on any atom is -0.478 e. The minimum atomic E-state index is -0.0895. The molecule has 2 N–H and O–H groups in total. The highest BCUT2D eigenvalue weighted by atomic mass is 16.5. The van der Waals surface area contributed by atoms with E-state index in [9.17, 15) is 4.79 Å². The maximum absolute atomic E-state index is 13.6. The quantitative estimate of drug-likeness (QED) is 0.468. The summed E-state index contributed by atoms with van der Waals surface area (Å²) in [4.78, 5) is 15.5. The third-order valence-electron chi connectivity index (χ3n) is 8.72. The van der Waals surface area contributed by atoms with Gasteiger partial charge in [0.1, 0.15) is 5.69 Å². The van der Waals surface area contributed by atoms with Crippen LogP contribution in [0.1, 0.15) is 71.8 Å². The number of piperidine rings is 1. The van der Waals surface area contributed by atoms with E-state index in [4.69, 9.17) is 18.9 Å². The number of benzene rings is 1. The largest absolute Gasteiger partial charge is 0.478 e. The van der Waals surface area contributed by atoms with Crippen molar-refractivity contribution in [2.75, 3.05) is 52.4 Å². The van der Waals surface area contributed by atoms with E-state index >= 15 is 0 Å². The molecule has 41 heavy (non-hydrogen) atoms. The number of methoxy groups -OCH3 is 2. The van der Waals surface area contributed by atoms with Gasteiger partial charge < -0.3 is 34.5 Å². The second-order valence-electron chi connectivity index (χ2n) is 11.5. The van der Waals surface area contributed by atoms with Gasteiger partial charge in [-0.05, 0) is 57.9 Å². The van der Waals surface area contributed by atoms with E-state index in [-0.39, 0.29) is 30.3 Å². The third kappa shape index (κ3) is 7.17. The molecule has 3 aliphatic rings. The SMILES string of the molecule is COc1nnc(C(=O)N2CCC(NC3CCOCC3OC)CC2)c(C)c1NCC1CCCC(c2ccc(C)cc2)O1. The predicted octanol–water partition coefficient (Wildman–Crippen LogP) is 3.82. The van der Waals surface area contributed by atoms with Crippen molar-refractivity contribution in [1.82, 2.24) is 20.4 Å². The van der Waals surface area contributed by atoms with E-state index in [0.717, 1.165) is 50.7 Å². The van der Waals surface area contributed by atoms with Gasteiger partial charge in [-0.2, -0.15) is 0 Å². The number of nitrogens with one attached hydrogen (secondary N) is 2. The number of likely N-dealkylation sites (tertiary alicyclic amines) is 1. The lowest BCUT2D eigenvalue weighted by atomic mass is 9.97. The first kappa shape index (κ1) is 29.7. The van der Waals surface area contributed by atoms with Crippen molar-refractivity contribution >= 4 is 11.6 Å². The summed E-state index contributed by atoms with van der Waals surface area (Å²) >= 11 is 0. The Bertz CT molecular complexity index is 1150. The first-order valence-corrected chi connectivity index (χ1v) is 15.0. The molecule has 3 fully saturated rings. The Morgan fingerprint density at radius 1 is 1.05 bits per heavy atom. The number of hydrogen-bond acceptors (Lipinski definition) is 9. The highest BCUT2D eigenvalue weighted by molar-refractivity contribution is 5.95. The Labute approximate surface area is 243 Å². The van der Waals surface area contributed by atoms with Gasteiger partial charge in [0.2, 0.25) is 0 Å². The van der Waals surface area contributed by atoms with Crippen LogP contribution in [0.2, 0.25) is 0 Å². The van der Waals surface area contributed by atoms with Crippen molar-refractivity contribution in [3.63, 3.8) is 0 Å². The molecular formula is C31H45N5O5. The van der Waals surface area contributed by atoms with Crippen LogP contribution in [0.25, 0.3) is 0 Å². The fourth-order valence-electron chi connectivity index (χ4n) is 6.18. The predicted molar refractivity (Wildman–Crippen MR) is 157 cm³/mol. The third-order valence-corrected chi connectivity index (χ3v) is 8.72. The molecular weight excluding hydrogens is 522 g/mol. The molecule has 4 atom stereocenters. The lowest BCUT2D eigenvalue weighted by molar-refractivity contribution is -0.0533. The smallest absolute Gasteiger partial charge is 0.274 e. The van der Waals surface area contributed by atoms with Crippen LogP contribution in [-0.2, 0) is 14.2 Å². The van der Waals surface area contributed by atoms with Gasteiger partial charge in [0.25, 0.3) is 11.8 Å². The van der Waals surface area contributed by atoms with Crippen LogP contribution in [0, 0.1) is 13.8 Å². The molecule has 1 aromatic heterocycles. The first-order chi connectivity index (χ1) is 20.0. The van der Waals surface area contributed by atoms with E-state index in [1.165, 1.54) is 11.1 Å². The molecule has 4 unspecified atom stereocenters. The molecule has 5 rings (SSSR count). The van der Waals surface area contributed by atoms with Crippen molar-refractivity contribution in [3.05, 3.63) is 46.6 Å². The average Bonchev–Trinajstić information content (AvgIpc) is 3.01. The molecule has 0 spiro atoms. The molecule has 0 aliphatic carbocycles. The zero-order valence-corrected chi connectivity index (χ0v) is 24.9. The summed E-state index contributed by atoms with van der Waals surface area (Å²) in [6, 6.07) is 9.22. The van der Waals surface area contributed by atoms with Crippen LogP contribution >= 0.6 is 0 Å². The average molecular weight is 568 g/mol. The Kier molecular flexibility index (Phi) is 10.1. The number of aryl methyl sites for hydroxylation is 1. The van der Waals surface area contributed by atoms with Crippen molar-refractivity contribution in [1.29, 1.82) is 0 Å². The molecule has 1 amide bonds. The molecule has 4 heterocycles. The molecule has 10 nitrogen and oxygen atoms in total. The standard InChI is InChI=1S/C31H45N5O5/c1-20-8-10-22(11-9-20)26-7-5-6-24(41-26)18-32-28-21(2)29(34-35-30(28)39-4)31(37)36-15-12-23(13-16-36)33-25-14-17-40-19-27(25)38-3/h8-11,23-27,33H,5-7,12-19H2,1-4H3,(H,32,34). The molecule has 0 bridgehead atoms. The van der Waals surface area contributed by atoms with E-state index in [0.29, 0.717) is 49.5 Å². The Morgan fingerprint density at radius 3 is 2.56 bits per heavy atom. The van der Waals surface area contributed by atoms with Gasteiger partial charge in [-0.1, -0.05) is 29.8 Å². The van der Waals surface area contributed by atoms with Gasteiger partial charge in [-0.15, -0.1) is 10.2 Å². The van der Waals surface area contributed by atoms with Crippen LogP contribution in [0.5, 0.6) is 5.88 Å². The number of hydrogen-bond donors (Lipinski definition) is 2. The van der Waals surface area contributed by atoms with Crippen molar-refractivity contribution in [2.24, 2.45) is 0 Å². The van der Waals surface area contributed by atoms with Crippen molar-refractivity contribution in [2.45, 2.75) is 82.8 Å². The molecule has 10 heteroatoms. The number of amides is 1. The fourth-order valence-corrected chi connectivity index (χ4v) is 6.18. The van der Waals surface area contributed by atoms with Crippen LogP contribution < -0.4 is 15.4 Å². The Morgan fingerprint density at radius 2 is 1.83 bits per heavy atom. The van der Waals surface area contributed by atoms with Gasteiger partial charge in [-0.25, -0.2) is 0 Å². The van der Waals surface area contributed by atoms with Crippen LogP contribution in [0.4, 0.5) is 5.69 Å². The molecule has 1 aromatic carbocycles. The van der Waals surface area contributed by atoms with E-state index < -0.39 is 0 Å². The highest BCUT2D eigenvalue weighted by Gasteiger charge is 2.32. The molecule has 0 saturated carbocycles. The molecule has 0 radical (unpaired) electrons. The lowest BCUT2D eigenvalue weighted by Crippen LogP contribution is -2.54. The fraction of sp³-hybridized carbons (Fsp3) is 0.645. The van der Waals surface area contributed by atoms with Gasteiger partial charge in [0, 0.05) is 51.0 Å². The maximum Gasteiger partial charge on any atom is 0.274 e. The molecule has 2 aromatic rings. The van der Waals surface area contributed by atoms with Gasteiger partial charge in [0.05, 0.1) is 32.0 Å². The zero-order chi connectivity index (χ0) is 28.8. The van der Waals surface area contributed by atoms with E-state index in [1.807, 2.05) is 11.8 Å². The normalized spacial score (nSPS) is 25.6. The van der Waals surface area contributed by atoms with Gasteiger partial charge in [0.15, 0.2) is 5.69 Å². The maximum atomic E-state index is 13.6. The number of carbonyl (C=O) groups is 1. The van der Waals surface area contributed by atoms with Crippen LogP contribution in [-0.4, -0.2) is 92.4 Å². The van der Waals surface area contributed by atoms with Crippen molar-refractivity contribution in [3.8, 4) is 5.88 Å². The molecule has 3 saturated heterocycles. The topological polar surface area (TPSA) is 107 Å². The minimum absolute atomic E-state index is 0.0476. The number of ether oxygens (including phenoxy) is 4. The summed E-state index contributed by atoms with van der Waals surface area (Å²) in [6.45, 7) is 7.32. The Hall–Kier alpha value is -2.79. The summed E-state index contributed by atoms with van der Waals surface area (Å²) in [5.74, 6) is 0.297. The summed E-state index contributed by atoms with van der Waals surface area (Å²) in [5, 5.41) is 15.8. The summed E-state index contributed by atoms with van der Waals surface area (Å²) in [7, 11) is 3.31. The molecule has 224 valence electrons. The van der Waals surface area contributed by atoms with Crippen LogP contribution in [0.15, 0.2) is 24.3 Å². The van der Waals surface area contributed by atoms with Crippen LogP contribution in [0.3, 0.4) is 0 Å². The summed E-state index contributed by atoms with van der Waals surface area (Å²) in [6.07, 6.45) is 6.01. The van der Waals surface area contributed by atoms with E-state index in [1.54, 1.807) is 14.2 Å². The molecule has 3 aliphatic heterocycles. The monoisotopic (exact) mass is 567 g/mol. The highest BCUT2D eigenvalue weighted by Crippen LogP contribution is 2.33. The Balaban J connectivity index is 1.19. The number of rotatable bonds is 9. The number of anilines is 1. The second kappa shape index (κ2) is 13.9. The second-order valence-corrected chi connectivity index (χ2v) is 11.5. The van der Waals surface area contributed by atoms with Gasteiger partial charge in [-0.3, -0.25) is 4.79 Å². The lowest BCUT2D eigenvalue weighted by Gasteiger charge is -2.38. The zero-order valence-electron chi connectivity index (χ0n) is 24.9. The van der Waals surface area contributed by atoms with Gasteiger partial charge >= 0.3 is 0 Å². The summed E-state index contributed by atoms with van der Waals surface area (Å²) in [5.41, 5.74) is 4.28. The first-order valence-electron chi connectivity index (χ1n) is 15.0. The summed E-state index contributed by atoms with van der Waals surface area (Å²) < 4.78 is 23.1. The number of aromatic nitrogens is 2. The van der Waals surface area contributed by atoms with E-state index in [2.05, 4.69) is 52.0 Å². The number of carbonyl (C=O) groups excluding carboxylic acids is 1.